The fourth-order valence-corrected chi connectivity index (χ4v) is 1.65. The summed E-state index contributed by atoms with van der Waals surface area (Å²) in [5, 5.41) is 12.8. The lowest BCUT2D eigenvalue weighted by Crippen LogP contribution is -1.66. The Kier molecular flexibility index (Phi) is 12.1. The van der Waals surface area contributed by atoms with Crippen LogP contribution in [-0.2, 0) is 0 Å². The molecule has 0 aliphatic carbocycles. The van der Waals surface area contributed by atoms with Crippen molar-refractivity contribution >= 4 is 0 Å². The number of nitrogens with zero attached hydrogens (tertiary/aromatic N) is 5. The number of aryl methyl sites for hydroxylation is 5. The molecule has 0 fully saturated rings. The highest BCUT2D eigenvalue weighted by Gasteiger charge is 1.76. The van der Waals surface area contributed by atoms with Gasteiger partial charge in [-0.25, -0.2) is 15.0 Å². The molecular weight excluding hydrogens is 380 g/mol. The highest BCUT2D eigenvalue weighted by molar-refractivity contribution is 4.96. The van der Waals surface area contributed by atoms with E-state index in [2.05, 4.69) is 50.3 Å². The molecule has 30 heavy (non-hydrogen) atoms. The zero-order chi connectivity index (χ0) is 22.0. The first-order valence-corrected chi connectivity index (χ1v) is 9.25. The van der Waals surface area contributed by atoms with Crippen LogP contribution in [0.5, 0.6) is 0 Å². The highest BCUT2D eigenvalue weighted by atomic mass is 15.1. The fourth-order valence-electron chi connectivity index (χ4n) is 1.65. The predicted octanol–water partition coefficient (Wildman–Crippen LogP) is 3.59. The number of hydrogen-bond acceptors (Lipinski definition) is 5. The van der Waals surface area contributed by atoms with Gasteiger partial charge in [-0.1, -0.05) is 0 Å². The molecule has 0 amide bonds. The number of H-pyrrole nitrogens is 5. The van der Waals surface area contributed by atoms with Gasteiger partial charge in [0.15, 0.2) is 0 Å². The van der Waals surface area contributed by atoms with Crippen molar-refractivity contribution in [2.24, 2.45) is 0 Å². The number of nitrogens with one attached hydrogen (secondary N) is 5. The molecule has 5 rings (SSSR count). The first kappa shape index (κ1) is 24.1. The monoisotopic (exact) mass is 410 g/mol. The third-order valence-corrected chi connectivity index (χ3v) is 3.18. The van der Waals surface area contributed by atoms with Crippen molar-refractivity contribution in [1.82, 2.24) is 50.3 Å². The molecule has 5 aromatic heterocycles. The Morgan fingerprint density at radius 1 is 0.700 bits per heavy atom. The lowest BCUT2D eigenvalue weighted by Gasteiger charge is -1.68. The molecule has 0 unspecified atom stereocenters. The lowest BCUT2D eigenvalue weighted by atomic mass is 10.4. The van der Waals surface area contributed by atoms with Crippen LogP contribution in [0.2, 0.25) is 0 Å². The SMILES string of the molecule is Cc1ccn[nH]1.Cc1cn[nH]c1.Cc1cnc[nH]1.Cc1ncc[nH]1.Cc1ncc[nH]1. The van der Waals surface area contributed by atoms with Crippen LogP contribution in [0.1, 0.15) is 28.6 Å². The van der Waals surface area contributed by atoms with E-state index < -0.39 is 0 Å². The van der Waals surface area contributed by atoms with Crippen molar-refractivity contribution in [3.05, 3.63) is 90.6 Å². The summed E-state index contributed by atoms with van der Waals surface area (Å²) in [7, 11) is 0. The molecule has 5 N–H and O–H groups in total. The van der Waals surface area contributed by atoms with Gasteiger partial charge >= 0.3 is 0 Å². The lowest BCUT2D eigenvalue weighted by molar-refractivity contribution is 1.05. The second-order valence-electron chi connectivity index (χ2n) is 6.10. The molecule has 0 aliphatic rings. The van der Waals surface area contributed by atoms with Crippen LogP contribution in [0.3, 0.4) is 0 Å². The second kappa shape index (κ2) is 15.0. The number of imidazole rings is 3. The molecule has 10 heteroatoms. The second-order valence-corrected chi connectivity index (χ2v) is 6.10. The van der Waals surface area contributed by atoms with Crippen LogP contribution in [-0.4, -0.2) is 50.3 Å². The van der Waals surface area contributed by atoms with Crippen LogP contribution >= 0.6 is 0 Å². The Labute approximate surface area is 176 Å². The first-order chi connectivity index (χ1) is 14.5. The quantitative estimate of drug-likeness (QED) is 0.265. The normalized spacial score (nSPS) is 8.83. The largest absolute Gasteiger partial charge is 0.349 e. The van der Waals surface area contributed by atoms with E-state index in [1.807, 2.05) is 46.9 Å². The van der Waals surface area contributed by atoms with Gasteiger partial charge in [-0.05, 0) is 46.2 Å². The molecule has 0 bridgehead atoms. The van der Waals surface area contributed by atoms with Gasteiger partial charge in [0.05, 0.1) is 12.5 Å². The van der Waals surface area contributed by atoms with Crippen LogP contribution < -0.4 is 0 Å². The van der Waals surface area contributed by atoms with Crippen LogP contribution in [0.15, 0.2) is 62.0 Å². The average molecular weight is 411 g/mol. The minimum absolute atomic E-state index is 0.968. The van der Waals surface area contributed by atoms with E-state index in [1.54, 1.807) is 49.7 Å². The standard InChI is InChI=1S/5C4H6N2/c1-4-2-5-3-6-4;1-4-2-5-6-3-4;2*1-4-5-2-3-6-4;1-4-2-3-5-6-4/h5*2-3H,1H3,(H,5,6). The van der Waals surface area contributed by atoms with Gasteiger partial charge in [0.2, 0.25) is 0 Å². The third kappa shape index (κ3) is 13.3. The van der Waals surface area contributed by atoms with E-state index in [0.29, 0.717) is 0 Å². The number of aromatic amines is 5. The maximum atomic E-state index is 3.86. The molecule has 0 saturated carbocycles. The topological polar surface area (TPSA) is 143 Å². The fraction of sp³-hybridized carbons (Fsp3) is 0.250. The average Bonchev–Trinajstić information content (AvgIpc) is 3.50. The summed E-state index contributed by atoms with van der Waals surface area (Å²) in [6, 6.07) is 1.92. The minimum Gasteiger partial charge on any atom is -0.349 e. The number of rotatable bonds is 0. The zero-order valence-corrected chi connectivity index (χ0v) is 18.0. The van der Waals surface area contributed by atoms with Crippen molar-refractivity contribution in [3.8, 4) is 0 Å². The Morgan fingerprint density at radius 3 is 1.50 bits per heavy atom. The van der Waals surface area contributed by atoms with Crippen LogP contribution in [0.4, 0.5) is 0 Å². The number of aromatic nitrogens is 10. The van der Waals surface area contributed by atoms with Crippen LogP contribution in [0, 0.1) is 34.6 Å². The van der Waals surface area contributed by atoms with E-state index in [1.165, 1.54) is 5.56 Å². The van der Waals surface area contributed by atoms with Gasteiger partial charge in [0.25, 0.3) is 0 Å². The molecule has 0 saturated heterocycles. The molecule has 10 nitrogen and oxygen atoms in total. The summed E-state index contributed by atoms with van der Waals surface area (Å²) in [6.07, 6.45) is 15.9. The molecule has 0 spiro atoms. The van der Waals surface area contributed by atoms with Gasteiger partial charge in [0, 0.05) is 54.8 Å². The molecule has 5 heterocycles. The molecule has 0 atom stereocenters. The van der Waals surface area contributed by atoms with Gasteiger partial charge in [0.1, 0.15) is 11.6 Å². The smallest absolute Gasteiger partial charge is 0.102 e. The molecule has 0 aromatic carbocycles. The summed E-state index contributed by atoms with van der Waals surface area (Å²) >= 11 is 0. The van der Waals surface area contributed by atoms with E-state index in [0.717, 1.165) is 23.0 Å². The maximum absolute atomic E-state index is 3.86. The highest BCUT2D eigenvalue weighted by Crippen LogP contribution is 1.84. The summed E-state index contributed by atoms with van der Waals surface area (Å²) in [5.41, 5.74) is 3.39. The minimum atomic E-state index is 0.968. The van der Waals surface area contributed by atoms with Crippen molar-refractivity contribution in [2.45, 2.75) is 34.6 Å². The summed E-state index contributed by atoms with van der Waals surface area (Å²) in [4.78, 5) is 20.2. The van der Waals surface area contributed by atoms with Crippen molar-refractivity contribution in [1.29, 1.82) is 0 Å². The molecular formula is C20H30N10. The Hall–Kier alpha value is -3.95. The summed E-state index contributed by atoms with van der Waals surface area (Å²) in [5.74, 6) is 1.94. The van der Waals surface area contributed by atoms with E-state index in [4.69, 9.17) is 0 Å². The van der Waals surface area contributed by atoms with Crippen LogP contribution in [0.25, 0.3) is 0 Å². The van der Waals surface area contributed by atoms with Gasteiger partial charge < -0.3 is 15.0 Å². The zero-order valence-electron chi connectivity index (χ0n) is 18.0. The first-order valence-electron chi connectivity index (χ1n) is 9.25. The summed E-state index contributed by atoms with van der Waals surface area (Å²) in [6.45, 7) is 9.75. The number of hydrogen-bond donors (Lipinski definition) is 5. The maximum Gasteiger partial charge on any atom is 0.102 e. The Bertz CT molecular complexity index is 733. The molecule has 0 radical (unpaired) electrons. The third-order valence-electron chi connectivity index (χ3n) is 3.18. The molecule has 5 aromatic rings. The van der Waals surface area contributed by atoms with E-state index in [9.17, 15) is 0 Å². The summed E-state index contributed by atoms with van der Waals surface area (Å²) < 4.78 is 0. The molecule has 160 valence electrons. The molecule has 0 aliphatic heterocycles. The predicted molar refractivity (Wildman–Crippen MR) is 117 cm³/mol. The van der Waals surface area contributed by atoms with Gasteiger partial charge in [-0.2, -0.15) is 10.2 Å². The van der Waals surface area contributed by atoms with E-state index >= 15 is 0 Å². The Morgan fingerprint density at radius 2 is 1.37 bits per heavy atom. The van der Waals surface area contributed by atoms with Gasteiger partial charge in [-0.15, -0.1) is 0 Å². The van der Waals surface area contributed by atoms with Crippen molar-refractivity contribution in [2.75, 3.05) is 0 Å². The van der Waals surface area contributed by atoms with Crippen molar-refractivity contribution < 1.29 is 0 Å². The van der Waals surface area contributed by atoms with E-state index in [-0.39, 0.29) is 0 Å². The Balaban J connectivity index is 0.000000187. The van der Waals surface area contributed by atoms with Gasteiger partial charge in [-0.3, -0.25) is 10.2 Å². The van der Waals surface area contributed by atoms with Crippen molar-refractivity contribution in [3.63, 3.8) is 0 Å².